The SMILES string of the molecule is C=C(N(C[C@@H](C)C(F)(F)F)C(=N\C)/C(F)=C/c1c(C)cccc1PC)n1nc(COI)n(CC)c1=O. The van der Waals surface area contributed by atoms with Gasteiger partial charge in [-0.25, -0.2) is 9.18 Å². The minimum atomic E-state index is -4.57. The molecule has 1 aromatic heterocycles. The monoisotopic (exact) mass is 641 g/mol. The van der Waals surface area contributed by atoms with Crippen LogP contribution in [-0.4, -0.2) is 51.5 Å². The van der Waals surface area contributed by atoms with Crippen LogP contribution in [0.2, 0.25) is 0 Å². The molecule has 1 unspecified atom stereocenters. The number of hydrogen-bond acceptors (Lipinski definition) is 4. The second-order valence-electron chi connectivity index (χ2n) is 7.90. The molecular weight excluding hydrogens is 612 g/mol. The van der Waals surface area contributed by atoms with Gasteiger partial charge in [0.2, 0.25) is 0 Å². The number of aromatic nitrogens is 3. The fraction of sp³-hybridized carbons (Fsp3) is 0.435. The number of nitrogens with zero attached hydrogens (tertiary/aromatic N) is 5. The van der Waals surface area contributed by atoms with Crippen molar-refractivity contribution in [1.29, 1.82) is 0 Å². The number of aliphatic imine (C=N–C) groups is 1. The average molecular weight is 641 g/mol. The Hall–Kier alpha value is -2.05. The lowest BCUT2D eigenvalue weighted by Gasteiger charge is -2.30. The Morgan fingerprint density at radius 2 is 2.08 bits per heavy atom. The van der Waals surface area contributed by atoms with E-state index in [2.05, 4.69) is 16.7 Å². The Balaban J connectivity index is 2.66. The molecule has 0 amide bonds. The fourth-order valence-corrected chi connectivity index (χ4v) is 4.60. The lowest BCUT2D eigenvalue weighted by atomic mass is 10.1. The summed E-state index contributed by atoms with van der Waals surface area (Å²) in [6, 6.07) is 5.54. The lowest BCUT2D eigenvalue weighted by molar-refractivity contribution is -0.170. The molecule has 2 atom stereocenters. The third-order valence-corrected chi connectivity index (χ3v) is 6.84. The van der Waals surface area contributed by atoms with Gasteiger partial charge in [-0.05, 0) is 43.0 Å². The first-order valence-electron chi connectivity index (χ1n) is 11.0. The largest absolute Gasteiger partial charge is 0.393 e. The minimum absolute atomic E-state index is 0.0142. The molecule has 2 rings (SSSR count). The second-order valence-corrected chi connectivity index (χ2v) is 9.56. The van der Waals surface area contributed by atoms with Crippen molar-refractivity contribution >= 4 is 54.6 Å². The zero-order valence-electron chi connectivity index (χ0n) is 20.7. The molecule has 0 aliphatic rings. The maximum atomic E-state index is 15.7. The molecule has 198 valence electrons. The van der Waals surface area contributed by atoms with E-state index < -0.39 is 36.0 Å². The molecule has 13 heteroatoms. The Morgan fingerprint density at radius 1 is 1.42 bits per heavy atom. The van der Waals surface area contributed by atoms with Crippen LogP contribution in [0.25, 0.3) is 11.9 Å². The Bertz CT molecular complexity index is 1210. The molecule has 0 saturated carbocycles. The molecule has 7 nitrogen and oxygen atoms in total. The van der Waals surface area contributed by atoms with Crippen molar-refractivity contribution in [3.8, 4) is 0 Å². The zero-order valence-corrected chi connectivity index (χ0v) is 23.8. The molecule has 0 spiro atoms. The van der Waals surface area contributed by atoms with Crippen molar-refractivity contribution < 1.29 is 20.6 Å². The van der Waals surface area contributed by atoms with Crippen LogP contribution in [0, 0.1) is 12.8 Å². The van der Waals surface area contributed by atoms with E-state index in [1.165, 1.54) is 17.7 Å². The van der Waals surface area contributed by atoms with E-state index in [9.17, 15) is 18.0 Å². The third kappa shape index (κ3) is 6.83. The van der Waals surface area contributed by atoms with Gasteiger partial charge in [-0.15, -0.1) is 5.10 Å². The summed E-state index contributed by atoms with van der Waals surface area (Å²) in [5.74, 6) is -3.15. The van der Waals surface area contributed by atoms with Gasteiger partial charge in [-0.2, -0.15) is 17.9 Å². The van der Waals surface area contributed by atoms with Gasteiger partial charge in [0.15, 0.2) is 17.5 Å². The van der Waals surface area contributed by atoms with Crippen LogP contribution in [0.4, 0.5) is 17.6 Å². The quantitative estimate of drug-likeness (QED) is 0.119. The highest BCUT2D eigenvalue weighted by Gasteiger charge is 2.39. The van der Waals surface area contributed by atoms with Crippen molar-refractivity contribution in [1.82, 2.24) is 19.2 Å². The van der Waals surface area contributed by atoms with Crippen LogP contribution in [0.15, 0.2) is 40.4 Å². The van der Waals surface area contributed by atoms with Gasteiger partial charge < -0.3 is 7.97 Å². The molecule has 0 aliphatic carbocycles. The van der Waals surface area contributed by atoms with Crippen LogP contribution in [0.1, 0.15) is 30.8 Å². The third-order valence-electron chi connectivity index (χ3n) is 5.56. The molecule has 0 fully saturated rings. The molecule has 0 saturated heterocycles. The van der Waals surface area contributed by atoms with Gasteiger partial charge in [0.25, 0.3) is 0 Å². The summed E-state index contributed by atoms with van der Waals surface area (Å²) in [5, 5.41) is 5.08. The van der Waals surface area contributed by atoms with Crippen LogP contribution in [0.3, 0.4) is 0 Å². The van der Waals surface area contributed by atoms with Crippen LogP contribution >= 0.6 is 31.6 Å². The van der Waals surface area contributed by atoms with Crippen molar-refractivity contribution in [2.45, 2.75) is 40.1 Å². The number of benzene rings is 1. The highest BCUT2D eigenvalue weighted by molar-refractivity contribution is 14.1. The van der Waals surface area contributed by atoms with Gasteiger partial charge in [-0.1, -0.05) is 40.3 Å². The minimum Gasteiger partial charge on any atom is -0.309 e. The number of halogens is 5. The molecule has 0 radical (unpaired) electrons. The predicted octanol–water partition coefficient (Wildman–Crippen LogP) is 5.14. The highest BCUT2D eigenvalue weighted by atomic mass is 127. The Labute approximate surface area is 223 Å². The van der Waals surface area contributed by atoms with Gasteiger partial charge in [0.1, 0.15) is 35.4 Å². The first kappa shape index (κ1) is 30.2. The number of hydrogen-bond donors (Lipinski definition) is 0. The summed E-state index contributed by atoms with van der Waals surface area (Å²) >= 11 is 1.65. The lowest BCUT2D eigenvalue weighted by Crippen LogP contribution is -2.41. The van der Waals surface area contributed by atoms with Gasteiger partial charge >= 0.3 is 11.9 Å². The smallest absolute Gasteiger partial charge is 0.309 e. The van der Waals surface area contributed by atoms with Gasteiger partial charge in [-0.3, -0.25) is 9.56 Å². The number of amidine groups is 1. The van der Waals surface area contributed by atoms with Crippen molar-refractivity contribution in [2.24, 2.45) is 10.9 Å². The zero-order chi connectivity index (χ0) is 27.2. The van der Waals surface area contributed by atoms with E-state index in [4.69, 9.17) is 3.07 Å². The van der Waals surface area contributed by atoms with Crippen molar-refractivity contribution in [3.63, 3.8) is 0 Å². The van der Waals surface area contributed by atoms with Crippen LogP contribution < -0.4 is 11.0 Å². The van der Waals surface area contributed by atoms with Crippen molar-refractivity contribution in [3.05, 3.63) is 58.0 Å². The Kier molecular flexibility index (Phi) is 10.9. The standard InChI is InChI=1S/C23H29F4IN5O2P/c1-7-31-20(13-35-28)30-33(22(31)34)16(4)32(12-15(3)23(25,26)27)21(29-5)18(24)11-17-14(2)9-8-10-19(17)36-6/h8-11,15,36H,4,7,12-13H2,1-3,5-6H3/b18-11-,29-21-/t15-/m1/s1. The molecule has 1 heterocycles. The first-order chi connectivity index (χ1) is 16.9. The van der Waals surface area contributed by atoms with E-state index in [0.717, 1.165) is 27.4 Å². The number of rotatable bonds is 10. The molecule has 0 bridgehead atoms. The number of alkyl halides is 3. The fourth-order valence-electron chi connectivity index (χ4n) is 3.52. The first-order valence-corrected chi connectivity index (χ1v) is 13.4. The predicted molar refractivity (Wildman–Crippen MR) is 146 cm³/mol. The van der Waals surface area contributed by atoms with Crippen LogP contribution in [-0.2, 0) is 16.2 Å². The van der Waals surface area contributed by atoms with E-state index in [1.807, 2.05) is 31.8 Å². The molecule has 2 aromatic rings. The highest BCUT2D eigenvalue weighted by Crippen LogP contribution is 2.29. The summed E-state index contributed by atoms with van der Waals surface area (Å²) in [5.41, 5.74) is 0.798. The Morgan fingerprint density at radius 3 is 2.61 bits per heavy atom. The average Bonchev–Trinajstić information content (AvgIpc) is 3.14. The van der Waals surface area contributed by atoms with E-state index in [-0.39, 0.29) is 24.8 Å². The topological polar surface area (TPSA) is 64.7 Å². The number of aryl methyl sites for hydroxylation is 1. The molecule has 0 aliphatic heterocycles. The van der Waals surface area contributed by atoms with E-state index in [0.29, 0.717) is 14.1 Å². The normalized spacial score (nSPS) is 14.1. The summed E-state index contributed by atoms with van der Waals surface area (Å²) in [6.07, 6.45) is -3.32. The van der Waals surface area contributed by atoms with E-state index in [1.54, 1.807) is 29.9 Å². The summed E-state index contributed by atoms with van der Waals surface area (Å²) in [4.78, 5) is 17.9. The maximum Gasteiger partial charge on any atom is 0.393 e. The summed E-state index contributed by atoms with van der Waals surface area (Å²) in [6.45, 7) is 9.77. The second kappa shape index (κ2) is 13.0. The van der Waals surface area contributed by atoms with Crippen molar-refractivity contribution in [2.75, 3.05) is 20.3 Å². The summed E-state index contributed by atoms with van der Waals surface area (Å²) in [7, 11) is 1.64. The summed E-state index contributed by atoms with van der Waals surface area (Å²) < 4.78 is 63.5. The molecule has 1 aromatic carbocycles. The van der Waals surface area contributed by atoms with Gasteiger partial charge in [0.05, 0.1) is 5.92 Å². The maximum absolute atomic E-state index is 15.7. The molecular formula is C23H29F4IN5O2P. The van der Waals surface area contributed by atoms with Gasteiger partial charge in [0, 0.05) is 20.1 Å². The molecule has 0 N–H and O–H groups in total. The molecule has 36 heavy (non-hydrogen) atoms. The van der Waals surface area contributed by atoms with Crippen LogP contribution in [0.5, 0.6) is 0 Å². The van der Waals surface area contributed by atoms with E-state index >= 15 is 4.39 Å².